The number of phosphoric acid groups is 1. The number of aliphatic hydroxyl groups is 1. The summed E-state index contributed by atoms with van der Waals surface area (Å²) in [6.45, 7) is 1.09. The van der Waals surface area contributed by atoms with Gasteiger partial charge in [-0.25, -0.2) is 4.57 Å². The topological polar surface area (TPSA) is 65.0 Å². The molecule has 0 aromatic carbocycles. The Morgan fingerprint density at radius 1 is 1.33 bits per heavy atom. The van der Waals surface area contributed by atoms with Crippen LogP contribution in [0.3, 0.4) is 0 Å². The lowest BCUT2D eigenvalue weighted by Crippen LogP contribution is -1.94. The van der Waals surface area contributed by atoms with Gasteiger partial charge >= 0.3 is 7.82 Å². The molecule has 0 unspecified atom stereocenters. The van der Waals surface area contributed by atoms with Crippen molar-refractivity contribution >= 4 is 7.82 Å². The highest BCUT2D eigenvalue weighted by Crippen LogP contribution is 2.52. The maximum Gasteiger partial charge on any atom is 0.474 e. The molecule has 0 radical (unpaired) electrons. The van der Waals surface area contributed by atoms with Crippen molar-refractivity contribution in [3.63, 3.8) is 0 Å². The van der Waals surface area contributed by atoms with Gasteiger partial charge in [0.05, 0.1) is 19.8 Å². The van der Waals surface area contributed by atoms with E-state index in [1.165, 1.54) is 0 Å². The van der Waals surface area contributed by atoms with Gasteiger partial charge in [0.25, 0.3) is 0 Å². The standard InChI is InChI=1S/C6H13O5P/c7-3-1-2-4-9-12(8)10-5-6-11-12/h7H,1-6H2. The molecule has 12 heavy (non-hydrogen) atoms. The number of phosphoric ester groups is 1. The first-order valence-electron chi connectivity index (χ1n) is 3.91. The van der Waals surface area contributed by atoms with Gasteiger partial charge in [0.15, 0.2) is 0 Å². The monoisotopic (exact) mass is 196 g/mol. The second kappa shape index (κ2) is 4.94. The second-order valence-corrected chi connectivity index (χ2v) is 4.05. The van der Waals surface area contributed by atoms with Gasteiger partial charge in [0.1, 0.15) is 0 Å². The summed E-state index contributed by atoms with van der Waals surface area (Å²) in [4.78, 5) is 0. The lowest BCUT2D eigenvalue weighted by Gasteiger charge is -2.08. The second-order valence-electron chi connectivity index (χ2n) is 2.38. The molecular weight excluding hydrogens is 183 g/mol. The Morgan fingerprint density at radius 3 is 2.58 bits per heavy atom. The summed E-state index contributed by atoms with van der Waals surface area (Å²) >= 11 is 0. The minimum absolute atomic E-state index is 0.120. The van der Waals surface area contributed by atoms with E-state index in [-0.39, 0.29) is 6.61 Å². The van der Waals surface area contributed by atoms with Crippen molar-refractivity contribution in [2.45, 2.75) is 12.8 Å². The van der Waals surface area contributed by atoms with Crippen LogP contribution in [0.2, 0.25) is 0 Å². The van der Waals surface area contributed by atoms with Gasteiger partial charge in [0.2, 0.25) is 0 Å². The molecule has 0 aromatic heterocycles. The maximum absolute atomic E-state index is 11.2. The Labute approximate surface area is 71.2 Å². The van der Waals surface area contributed by atoms with Crippen LogP contribution in [0.15, 0.2) is 0 Å². The van der Waals surface area contributed by atoms with Crippen molar-refractivity contribution in [3.05, 3.63) is 0 Å². The Morgan fingerprint density at radius 2 is 2.00 bits per heavy atom. The Hall–Kier alpha value is 0.0700. The minimum Gasteiger partial charge on any atom is -0.396 e. The Kier molecular flexibility index (Phi) is 4.18. The molecule has 1 N–H and O–H groups in total. The minimum atomic E-state index is -3.19. The molecule has 0 spiro atoms. The quantitative estimate of drug-likeness (QED) is 0.523. The summed E-state index contributed by atoms with van der Waals surface area (Å²) in [5, 5.41) is 8.44. The van der Waals surface area contributed by atoms with Gasteiger partial charge in [0, 0.05) is 6.61 Å². The average Bonchev–Trinajstić information content (AvgIpc) is 2.47. The lowest BCUT2D eigenvalue weighted by atomic mass is 10.3. The SMILES string of the molecule is O=P1(OCCCCO)OCCO1. The van der Waals surface area contributed by atoms with Crippen molar-refractivity contribution in [3.8, 4) is 0 Å². The van der Waals surface area contributed by atoms with Crippen molar-refractivity contribution in [1.29, 1.82) is 0 Å². The third-order valence-electron chi connectivity index (χ3n) is 1.38. The summed E-state index contributed by atoms with van der Waals surface area (Å²) in [5.41, 5.74) is 0. The molecule has 72 valence electrons. The molecule has 1 fully saturated rings. The van der Waals surface area contributed by atoms with E-state index >= 15 is 0 Å². The largest absolute Gasteiger partial charge is 0.474 e. The van der Waals surface area contributed by atoms with Crippen LogP contribution in [-0.2, 0) is 18.1 Å². The van der Waals surface area contributed by atoms with Crippen LogP contribution < -0.4 is 0 Å². The number of rotatable bonds is 5. The van der Waals surface area contributed by atoms with E-state index < -0.39 is 7.82 Å². The summed E-state index contributed by atoms with van der Waals surface area (Å²) in [6, 6.07) is 0. The predicted octanol–water partition coefficient (Wildman–Crippen LogP) is 0.930. The fourth-order valence-electron chi connectivity index (χ4n) is 0.800. The van der Waals surface area contributed by atoms with Crippen LogP contribution >= 0.6 is 7.82 Å². The zero-order valence-corrected chi connectivity index (χ0v) is 7.66. The Balaban J connectivity index is 2.09. The van der Waals surface area contributed by atoms with Crippen LogP contribution in [-0.4, -0.2) is 31.5 Å². The van der Waals surface area contributed by atoms with Gasteiger partial charge in [-0.05, 0) is 12.8 Å². The van der Waals surface area contributed by atoms with E-state index in [1.54, 1.807) is 0 Å². The highest BCUT2D eigenvalue weighted by Gasteiger charge is 2.31. The fourth-order valence-corrected chi connectivity index (χ4v) is 1.97. The van der Waals surface area contributed by atoms with Gasteiger partial charge in [-0.3, -0.25) is 13.6 Å². The normalized spacial score (nSPS) is 21.4. The number of hydrogen-bond acceptors (Lipinski definition) is 5. The van der Waals surface area contributed by atoms with Crippen molar-refractivity contribution < 1.29 is 23.2 Å². The van der Waals surface area contributed by atoms with E-state index in [2.05, 4.69) is 0 Å². The zero-order valence-electron chi connectivity index (χ0n) is 6.77. The summed E-state index contributed by atoms with van der Waals surface area (Å²) in [6.07, 6.45) is 1.30. The number of aliphatic hydroxyl groups excluding tert-OH is 1. The zero-order chi connectivity index (χ0) is 8.86. The van der Waals surface area contributed by atoms with Gasteiger partial charge in [-0.1, -0.05) is 0 Å². The molecule has 0 aromatic rings. The first-order chi connectivity index (χ1) is 5.77. The molecular formula is C6H13O5P. The van der Waals surface area contributed by atoms with Crippen LogP contribution in [0, 0.1) is 0 Å². The maximum atomic E-state index is 11.2. The molecule has 1 aliphatic rings. The molecule has 6 heteroatoms. The predicted molar refractivity (Wildman–Crippen MR) is 41.8 cm³/mol. The van der Waals surface area contributed by atoms with E-state index in [9.17, 15) is 4.57 Å². The van der Waals surface area contributed by atoms with Crippen LogP contribution in [0.4, 0.5) is 0 Å². The molecule has 1 aliphatic heterocycles. The van der Waals surface area contributed by atoms with E-state index in [0.29, 0.717) is 32.7 Å². The molecule has 0 saturated carbocycles. The van der Waals surface area contributed by atoms with E-state index in [4.69, 9.17) is 18.7 Å². The molecule has 5 nitrogen and oxygen atoms in total. The molecule has 1 rings (SSSR count). The summed E-state index contributed by atoms with van der Waals surface area (Å²) < 4.78 is 25.7. The first kappa shape index (κ1) is 10.2. The molecule has 0 bridgehead atoms. The van der Waals surface area contributed by atoms with Gasteiger partial charge < -0.3 is 5.11 Å². The summed E-state index contributed by atoms with van der Waals surface area (Å²) in [7, 11) is -3.19. The summed E-state index contributed by atoms with van der Waals surface area (Å²) in [5.74, 6) is 0. The average molecular weight is 196 g/mol. The smallest absolute Gasteiger partial charge is 0.396 e. The van der Waals surface area contributed by atoms with E-state index in [1.807, 2.05) is 0 Å². The van der Waals surface area contributed by atoms with E-state index in [0.717, 1.165) is 0 Å². The highest BCUT2D eigenvalue weighted by atomic mass is 31.2. The third-order valence-corrected chi connectivity index (χ3v) is 2.88. The Bertz CT molecular complexity index is 161. The third kappa shape index (κ3) is 3.21. The fraction of sp³-hybridized carbons (Fsp3) is 1.00. The molecule has 1 heterocycles. The number of hydrogen-bond donors (Lipinski definition) is 1. The molecule has 1 saturated heterocycles. The number of unbranched alkanes of at least 4 members (excludes halogenated alkanes) is 1. The van der Waals surface area contributed by atoms with Crippen molar-refractivity contribution in [2.24, 2.45) is 0 Å². The van der Waals surface area contributed by atoms with Gasteiger partial charge in [-0.15, -0.1) is 0 Å². The first-order valence-corrected chi connectivity index (χ1v) is 5.37. The van der Waals surface area contributed by atoms with Crippen molar-refractivity contribution in [1.82, 2.24) is 0 Å². The van der Waals surface area contributed by atoms with Gasteiger partial charge in [-0.2, -0.15) is 0 Å². The molecule has 0 atom stereocenters. The van der Waals surface area contributed by atoms with Crippen molar-refractivity contribution in [2.75, 3.05) is 26.4 Å². The molecule has 0 aliphatic carbocycles. The van der Waals surface area contributed by atoms with Crippen LogP contribution in [0.5, 0.6) is 0 Å². The van der Waals surface area contributed by atoms with Crippen LogP contribution in [0.1, 0.15) is 12.8 Å². The lowest BCUT2D eigenvalue weighted by molar-refractivity contribution is 0.180. The highest BCUT2D eigenvalue weighted by molar-refractivity contribution is 7.48. The van der Waals surface area contributed by atoms with Crippen LogP contribution in [0.25, 0.3) is 0 Å². The molecule has 0 amide bonds.